The maximum absolute atomic E-state index is 12.5. The van der Waals surface area contributed by atoms with Crippen LogP contribution in [0.15, 0.2) is 18.2 Å². The maximum atomic E-state index is 12.5. The molecular weight excluding hydrogens is 310 g/mol. The summed E-state index contributed by atoms with van der Waals surface area (Å²) in [5, 5.41) is 12.2. The molecule has 2 rings (SSSR count). The average Bonchev–Trinajstić information content (AvgIpc) is 2.60. The van der Waals surface area contributed by atoms with E-state index in [0.717, 1.165) is 18.4 Å². The van der Waals surface area contributed by atoms with Gasteiger partial charge in [0.25, 0.3) is 0 Å². The number of hydrogen-bond acceptors (Lipinski definition) is 4. The van der Waals surface area contributed by atoms with E-state index in [1.54, 1.807) is 13.2 Å². The van der Waals surface area contributed by atoms with Crippen molar-refractivity contribution in [2.24, 2.45) is 11.8 Å². The van der Waals surface area contributed by atoms with Crippen LogP contribution < -0.4 is 14.8 Å². The van der Waals surface area contributed by atoms with Gasteiger partial charge < -0.3 is 19.9 Å². The molecule has 1 saturated carbocycles. The smallest absolute Gasteiger partial charge is 0.307 e. The Morgan fingerprint density at radius 2 is 1.96 bits per heavy atom. The predicted octanol–water partition coefficient (Wildman–Crippen LogP) is 2.60. The van der Waals surface area contributed by atoms with Crippen LogP contribution in [0.4, 0.5) is 0 Å². The Morgan fingerprint density at radius 3 is 2.58 bits per heavy atom. The second-order valence-electron chi connectivity index (χ2n) is 5.94. The molecule has 6 heteroatoms. The normalized spacial score (nSPS) is 20.2. The monoisotopic (exact) mass is 335 g/mol. The summed E-state index contributed by atoms with van der Waals surface area (Å²) in [5.41, 5.74) is 0.812. The van der Waals surface area contributed by atoms with E-state index in [1.165, 1.54) is 0 Å². The molecule has 2 unspecified atom stereocenters. The van der Waals surface area contributed by atoms with Crippen LogP contribution in [-0.4, -0.2) is 30.7 Å². The Labute approximate surface area is 142 Å². The fourth-order valence-electron chi connectivity index (χ4n) is 3.22. The third-order valence-electron chi connectivity index (χ3n) is 4.44. The summed E-state index contributed by atoms with van der Waals surface area (Å²) >= 11 is 0. The van der Waals surface area contributed by atoms with Crippen molar-refractivity contribution in [3.63, 3.8) is 0 Å². The number of carbonyl (C=O) groups excluding carboxylic acids is 1. The summed E-state index contributed by atoms with van der Waals surface area (Å²) < 4.78 is 10.9. The zero-order valence-electron chi connectivity index (χ0n) is 14.2. The molecule has 0 spiro atoms. The number of amides is 1. The fraction of sp³-hybridized carbons (Fsp3) is 0.556. The Morgan fingerprint density at radius 1 is 1.25 bits per heavy atom. The van der Waals surface area contributed by atoms with Crippen LogP contribution in [0.25, 0.3) is 0 Å². The van der Waals surface area contributed by atoms with Gasteiger partial charge in [-0.05, 0) is 25.8 Å². The highest BCUT2D eigenvalue weighted by atomic mass is 16.5. The van der Waals surface area contributed by atoms with E-state index >= 15 is 0 Å². The molecule has 0 radical (unpaired) electrons. The topological polar surface area (TPSA) is 84.9 Å². The van der Waals surface area contributed by atoms with E-state index < -0.39 is 17.8 Å². The molecule has 6 nitrogen and oxygen atoms in total. The van der Waals surface area contributed by atoms with Gasteiger partial charge in [-0.3, -0.25) is 9.59 Å². The van der Waals surface area contributed by atoms with Crippen LogP contribution in [0.2, 0.25) is 0 Å². The predicted molar refractivity (Wildman–Crippen MR) is 89.1 cm³/mol. The summed E-state index contributed by atoms with van der Waals surface area (Å²) in [4.78, 5) is 23.8. The molecule has 0 aromatic heterocycles. The van der Waals surface area contributed by atoms with Gasteiger partial charge in [-0.25, -0.2) is 0 Å². The molecule has 0 heterocycles. The van der Waals surface area contributed by atoms with E-state index in [2.05, 4.69) is 5.32 Å². The minimum atomic E-state index is -0.883. The highest BCUT2D eigenvalue weighted by Crippen LogP contribution is 2.32. The lowest BCUT2D eigenvalue weighted by Crippen LogP contribution is -2.39. The van der Waals surface area contributed by atoms with Crippen LogP contribution in [0.5, 0.6) is 11.5 Å². The van der Waals surface area contributed by atoms with Crippen LogP contribution in [-0.2, 0) is 16.1 Å². The molecule has 0 aliphatic heterocycles. The van der Waals surface area contributed by atoms with E-state index in [4.69, 9.17) is 9.47 Å². The number of methoxy groups -OCH3 is 1. The van der Waals surface area contributed by atoms with Gasteiger partial charge in [-0.2, -0.15) is 0 Å². The zero-order valence-corrected chi connectivity index (χ0v) is 14.2. The van der Waals surface area contributed by atoms with Gasteiger partial charge in [-0.1, -0.05) is 25.0 Å². The number of aliphatic carboxylic acids is 1. The van der Waals surface area contributed by atoms with Gasteiger partial charge in [-0.15, -0.1) is 0 Å². The third kappa shape index (κ3) is 4.19. The van der Waals surface area contributed by atoms with E-state index in [-0.39, 0.29) is 12.5 Å². The minimum absolute atomic E-state index is 0.202. The number of carboxylic acids is 1. The summed E-state index contributed by atoms with van der Waals surface area (Å²) in [6.07, 6.45) is 2.95. The van der Waals surface area contributed by atoms with Crippen molar-refractivity contribution in [1.82, 2.24) is 5.32 Å². The SMILES string of the molecule is CCOc1c(CNC(=O)C2CCCCC2C(=O)O)cccc1OC. The first-order valence-corrected chi connectivity index (χ1v) is 8.37. The van der Waals surface area contributed by atoms with Crippen molar-refractivity contribution in [3.8, 4) is 11.5 Å². The lowest BCUT2D eigenvalue weighted by Gasteiger charge is -2.27. The quantitative estimate of drug-likeness (QED) is 0.800. The molecular formula is C18H25NO5. The largest absolute Gasteiger partial charge is 0.493 e. The number of carboxylic acid groups (broad SMARTS) is 1. The molecule has 1 aliphatic rings. The van der Waals surface area contributed by atoms with Gasteiger partial charge in [0.05, 0.1) is 25.6 Å². The molecule has 1 aromatic rings. The first kappa shape index (κ1) is 18.1. The third-order valence-corrected chi connectivity index (χ3v) is 4.44. The first-order chi connectivity index (χ1) is 11.6. The van der Waals surface area contributed by atoms with Crippen molar-refractivity contribution in [2.45, 2.75) is 39.2 Å². The highest BCUT2D eigenvalue weighted by molar-refractivity contribution is 5.84. The van der Waals surface area contributed by atoms with Crippen LogP contribution in [0, 0.1) is 11.8 Å². The molecule has 0 saturated heterocycles. The van der Waals surface area contributed by atoms with E-state index in [0.29, 0.717) is 30.9 Å². The number of ether oxygens (including phenoxy) is 2. The Kier molecular flexibility index (Phi) is 6.46. The number of para-hydroxylation sites is 1. The van der Waals surface area contributed by atoms with Crippen molar-refractivity contribution >= 4 is 11.9 Å². The van der Waals surface area contributed by atoms with Gasteiger partial charge in [0, 0.05) is 12.1 Å². The minimum Gasteiger partial charge on any atom is -0.493 e. The van der Waals surface area contributed by atoms with Crippen molar-refractivity contribution in [2.75, 3.05) is 13.7 Å². The Hall–Kier alpha value is -2.24. The number of carbonyl (C=O) groups is 2. The van der Waals surface area contributed by atoms with Crippen molar-refractivity contribution < 1.29 is 24.2 Å². The highest BCUT2D eigenvalue weighted by Gasteiger charge is 2.35. The molecule has 1 aromatic carbocycles. The lowest BCUT2D eigenvalue weighted by molar-refractivity contribution is -0.148. The second kappa shape index (κ2) is 8.57. The van der Waals surface area contributed by atoms with Gasteiger partial charge in [0.1, 0.15) is 0 Å². The van der Waals surface area contributed by atoms with Gasteiger partial charge in [0.15, 0.2) is 11.5 Å². The number of rotatable bonds is 7. The summed E-state index contributed by atoms with van der Waals surface area (Å²) in [5.74, 6) is -0.905. The number of benzene rings is 1. The Bertz CT molecular complexity index is 587. The van der Waals surface area contributed by atoms with Crippen LogP contribution in [0.3, 0.4) is 0 Å². The zero-order chi connectivity index (χ0) is 17.5. The summed E-state index contributed by atoms with van der Waals surface area (Å²) in [6, 6.07) is 5.50. The molecule has 2 atom stereocenters. The van der Waals surface area contributed by atoms with Crippen LogP contribution >= 0.6 is 0 Å². The Balaban J connectivity index is 2.07. The van der Waals surface area contributed by atoms with Gasteiger partial charge >= 0.3 is 5.97 Å². The maximum Gasteiger partial charge on any atom is 0.307 e. The number of hydrogen-bond donors (Lipinski definition) is 2. The van der Waals surface area contributed by atoms with Crippen LogP contribution in [0.1, 0.15) is 38.2 Å². The van der Waals surface area contributed by atoms with Gasteiger partial charge in [0.2, 0.25) is 5.91 Å². The summed E-state index contributed by atoms with van der Waals surface area (Å²) in [6.45, 7) is 2.66. The summed E-state index contributed by atoms with van der Waals surface area (Å²) in [7, 11) is 1.57. The van der Waals surface area contributed by atoms with Crippen molar-refractivity contribution in [3.05, 3.63) is 23.8 Å². The standard InChI is InChI=1S/C18H25NO5/c1-3-24-16-12(7-6-10-15(16)23-2)11-19-17(20)13-8-4-5-9-14(13)18(21)22/h6-7,10,13-14H,3-5,8-9,11H2,1-2H3,(H,19,20)(H,21,22). The molecule has 132 valence electrons. The lowest BCUT2D eigenvalue weighted by atomic mass is 9.78. The molecule has 1 fully saturated rings. The van der Waals surface area contributed by atoms with E-state index in [1.807, 2.05) is 19.1 Å². The van der Waals surface area contributed by atoms with Crippen molar-refractivity contribution in [1.29, 1.82) is 0 Å². The molecule has 1 amide bonds. The number of nitrogens with one attached hydrogen (secondary N) is 1. The molecule has 24 heavy (non-hydrogen) atoms. The first-order valence-electron chi connectivity index (χ1n) is 8.37. The average molecular weight is 335 g/mol. The molecule has 2 N–H and O–H groups in total. The fourth-order valence-corrected chi connectivity index (χ4v) is 3.22. The molecule has 1 aliphatic carbocycles. The van der Waals surface area contributed by atoms with E-state index in [9.17, 15) is 14.7 Å². The second-order valence-corrected chi connectivity index (χ2v) is 5.94. The molecule has 0 bridgehead atoms.